The molecule has 37 heavy (non-hydrogen) atoms. The Morgan fingerprint density at radius 1 is 1.27 bits per heavy atom. The highest BCUT2D eigenvalue weighted by Gasteiger charge is 2.53. The fraction of sp³-hybridized carbons (Fsp3) is 0.500. The first-order chi connectivity index (χ1) is 17.7. The van der Waals surface area contributed by atoms with Gasteiger partial charge in [-0.2, -0.15) is 0 Å². The SMILES string of the molecule is Cc1nc2sc(C(=O)NC3CCc4nc(N5CC(N)C6(C5)OCCC6C)c(F)cc4C3)c(N)c2cc1F. The van der Waals surface area contributed by atoms with Crippen LogP contribution in [0, 0.1) is 24.5 Å². The number of hydrogen-bond donors (Lipinski definition) is 3. The van der Waals surface area contributed by atoms with Crippen molar-refractivity contribution in [1.82, 2.24) is 15.3 Å². The van der Waals surface area contributed by atoms with Crippen molar-refractivity contribution in [1.29, 1.82) is 0 Å². The normalized spacial score (nSPS) is 27.3. The Labute approximate surface area is 217 Å². The summed E-state index contributed by atoms with van der Waals surface area (Å²) in [6.07, 6.45) is 2.69. The zero-order chi connectivity index (χ0) is 26.1. The van der Waals surface area contributed by atoms with E-state index in [1.54, 1.807) is 6.92 Å². The number of ether oxygens (including phenoxy) is 1. The molecule has 4 atom stereocenters. The number of pyridine rings is 2. The predicted molar refractivity (Wildman–Crippen MR) is 139 cm³/mol. The summed E-state index contributed by atoms with van der Waals surface area (Å²) in [5, 5.41) is 3.45. The van der Waals surface area contributed by atoms with Crippen molar-refractivity contribution in [3.8, 4) is 0 Å². The van der Waals surface area contributed by atoms with Crippen LogP contribution in [0.5, 0.6) is 0 Å². The molecule has 1 aliphatic carbocycles. The number of aryl methyl sites for hydroxylation is 2. The van der Waals surface area contributed by atoms with E-state index in [9.17, 15) is 9.18 Å². The molecule has 5 N–H and O–H groups in total. The molecule has 0 radical (unpaired) electrons. The van der Waals surface area contributed by atoms with Gasteiger partial charge in [-0.15, -0.1) is 11.3 Å². The van der Waals surface area contributed by atoms with Gasteiger partial charge in [-0.1, -0.05) is 6.92 Å². The summed E-state index contributed by atoms with van der Waals surface area (Å²) in [5.41, 5.74) is 14.3. The van der Waals surface area contributed by atoms with E-state index < -0.39 is 17.2 Å². The number of halogens is 2. The molecule has 2 fully saturated rings. The van der Waals surface area contributed by atoms with Gasteiger partial charge in [0, 0.05) is 30.3 Å². The van der Waals surface area contributed by atoms with E-state index in [4.69, 9.17) is 21.2 Å². The van der Waals surface area contributed by atoms with Gasteiger partial charge >= 0.3 is 0 Å². The molecule has 2 aliphatic heterocycles. The Morgan fingerprint density at radius 2 is 2.08 bits per heavy atom. The molecule has 0 aromatic carbocycles. The summed E-state index contributed by atoms with van der Waals surface area (Å²) in [7, 11) is 0. The van der Waals surface area contributed by atoms with Gasteiger partial charge in [0.2, 0.25) is 0 Å². The number of rotatable bonds is 3. The molecule has 5 heterocycles. The zero-order valence-electron chi connectivity index (χ0n) is 20.8. The van der Waals surface area contributed by atoms with E-state index in [-0.39, 0.29) is 29.4 Å². The maximum Gasteiger partial charge on any atom is 0.263 e. The number of aromatic nitrogens is 2. The minimum absolute atomic E-state index is 0.195. The molecule has 1 spiro atoms. The maximum atomic E-state index is 15.3. The summed E-state index contributed by atoms with van der Waals surface area (Å²) < 4.78 is 35.3. The maximum absolute atomic E-state index is 15.3. The standard InChI is InChI=1S/C26H30F2N6O2S/c1-12-5-6-36-26(12)11-34(10-20(26)29)23-18(28)8-14-7-15(3-4-19(14)33-23)32-24(35)22-21(30)16-9-17(27)13(2)31-25(16)37-22/h8-9,12,15,20H,3-7,10-11,29-30H2,1-2H3,(H,32,35). The number of carbonyl (C=O) groups is 1. The molecule has 4 unspecified atom stereocenters. The van der Waals surface area contributed by atoms with E-state index in [2.05, 4.69) is 17.2 Å². The lowest BCUT2D eigenvalue weighted by Gasteiger charge is -2.31. The van der Waals surface area contributed by atoms with Crippen molar-refractivity contribution < 1.29 is 18.3 Å². The molecule has 0 bridgehead atoms. The predicted octanol–water partition coefficient (Wildman–Crippen LogP) is 3.09. The number of nitrogens with two attached hydrogens (primary N) is 2. The smallest absolute Gasteiger partial charge is 0.263 e. The number of amides is 1. The molecule has 6 rings (SSSR count). The average Bonchev–Trinajstić information content (AvgIpc) is 3.50. The van der Waals surface area contributed by atoms with Crippen LogP contribution in [0.15, 0.2) is 12.1 Å². The van der Waals surface area contributed by atoms with Gasteiger partial charge in [-0.3, -0.25) is 4.79 Å². The van der Waals surface area contributed by atoms with Gasteiger partial charge in [0.15, 0.2) is 11.6 Å². The molecule has 0 saturated carbocycles. The Hall–Kier alpha value is -2.89. The van der Waals surface area contributed by atoms with Crippen molar-refractivity contribution in [2.24, 2.45) is 11.7 Å². The Morgan fingerprint density at radius 3 is 2.84 bits per heavy atom. The Balaban J connectivity index is 1.18. The van der Waals surface area contributed by atoms with Gasteiger partial charge in [-0.05, 0) is 56.2 Å². The highest BCUT2D eigenvalue weighted by molar-refractivity contribution is 7.21. The lowest BCUT2D eigenvalue weighted by Crippen LogP contribution is -2.50. The molecular weight excluding hydrogens is 498 g/mol. The molecule has 11 heteroatoms. The van der Waals surface area contributed by atoms with Crippen LogP contribution in [-0.4, -0.2) is 53.3 Å². The number of fused-ring (bicyclic) bond motifs is 2. The molecule has 8 nitrogen and oxygen atoms in total. The van der Waals surface area contributed by atoms with Crippen molar-refractivity contribution in [3.05, 3.63) is 45.6 Å². The van der Waals surface area contributed by atoms with Gasteiger partial charge in [0.25, 0.3) is 5.91 Å². The minimum Gasteiger partial charge on any atom is -0.397 e. The second-order valence-electron chi connectivity index (χ2n) is 10.5. The summed E-state index contributed by atoms with van der Waals surface area (Å²) in [6.45, 7) is 5.42. The second kappa shape index (κ2) is 8.85. The number of hydrogen-bond acceptors (Lipinski definition) is 8. The first kappa shape index (κ1) is 24.4. The van der Waals surface area contributed by atoms with E-state index in [1.807, 2.05) is 4.90 Å². The van der Waals surface area contributed by atoms with Crippen LogP contribution in [0.2, 0.25) is 0 Å². The van der Waals surface area contributed by atoms with Crippen molar-refractivity contribution in [2.45, 2.75) is 57.2 Å². The van der Waals surface area contributed by atoms with E-state index in [0.717, 1.165) is 29.0 Å². The molecule has 3 aliphatic rings. The quantitative estimate of drug-likeness (QED) is 0.478. The Kier molecular flexibility index (Phi) is 5.85. The van der Waals surface area contributed by atoms with Crippen LogP contribution in [0.25, 0.3) is 10.2 Å². The zero-order valence-corrected chi connectivity index (χ0v) is 21.6. The lowest BCUT2D eigenvalue weighted by molar-refractivity contribution is -0.0109. The van der Waals surface area contributed by atoms with Crippen molar-refractivity contribution in [3.63, 3.8) is 0 Å². The number of nitrogens with one attached hydrogen (secondary N) is 1. The summed E-state index contributed by atoms with van der Waals surface area (Å²) in [6, 6.07) is 2.46. The fourth-order valence-corrected chi connectivity index (χ4v) is 7.04. The van der Waals surface area contributed by atoms with Crippen LogP contribution < -0.4 is 21.7 Å². The van der Waals surface area contributed by atoms with E-state index >= 15 is 4.39 Å². The van der Waals surface area contributed by atoms with Crippen LogP contribution in [0.1, 0.15) is 46.4 Å². The van der Waals surface area contributed by atoms with E-state index in [0.29, 0.717) is 65.8 Å². The second-order valence-corrected chi connectivity index (χ2v) is 11.5. The first-order valence-corrected chi connectivity index (χ1v) is 13.5. The number of carbonyl (C=O) groups excluding carboxylic acids is 1. The first-order valence-electron chi connectivity index (χ1n) is 12.6. The Bertz CT molecular complexity index is 1410. The number of thiophene rings is 1. The van der Waals surface area contributed by atoms with Gasteiger partial charge in [0.05, 0.1) is 24.0 Å². The summed E-state index contributed by atoms with van der Waals surface area (Å²) in [4.78, 5) is 24.7. The van der Waals surface area contributed by atoms with Gasteiger partial charge < -0.3 is 26.4 Å². The third-order valence-corrected chi connectivity index (χ3v) is 9.37. The van der Waals surface area contributed by atoms with E-state index in [1.165, 1.54) is 12.1 Å². The molecule has 196 valence electrons. The fourth-order valence-electron chi connectivity index (χ4n) is 6.01. The minimum atomic E-state index is -0.460. The van der Waals surface area contributed by atoms with Gasteiger partial charge in [-0.25, -0.2) is 18.7 Å². The third-order valence-electron chi connectivity index (χ3n) is 8.25. The highest BCUT2D eigenvalue weighted by Crippen LogP contribution is 2.41. The summed E-state index contributed by atoms with van der Waals surface area (Å²) in [5.74, 6) is -0.550. The monoisotopic (exact) mass is 528 g/mol. The topological polar surface area (TPSA) is 119 Å². The summed E-state index contributed by atoms with van der Waals surface area (Å²) >= 11 is 1.14. The number of anilines is 2. The molecule has 2 saturated heterocycles. The van der Waals surface area contributed by atoms with Crippen molar-refractivity contribution in [2.75, 3.05) is 30.3 Å². The van der Waals surface area contributed by atoms with Crippen molar-refractivity contribution >= 4 is 39.0 Å². The van der Waals surface area contributed by atoms with Crippen LogP contribution >= 0.6 is 11.3 Å². The highest BCUT2D eigenvalue weighted by atomic mass is 32.1. The largest absolute Gasteiger partial charge is 0.397 e. The van der Waals surface area contributed by atoms with Gasteiger partial charge in [0.1, 0.15) is 21.1 Å². The lowest BCUT2D eigenvalue weighted by atomic mass is 9.85. The third kappa shape index (κ3) is 3.95. The van der Waals surface area contributed by atoms with Crippen LogP contribution in [0.4, 0.5) is 20.3 Å². The molecule has 1 amide bonds. The molecular formula is C26H30F2N6O2S. The average molecular weight is 529 g/mol. The number of nitrogens with zero attached hydrogens (tertiary/aromatic N) is 3. The molecule has 3 aromatic rings. The van der Waals surface area contributed by atoms with Crippen LogP contribution in [-0.2, 0) is 17.6 Å². The molecule has 3 aromatic heterocycles. The van der Waals surface area contributed by atoms with Crippen LogP contribution in [0.3, 0.4) is 0 Å². The number of nitrogen functional groups attached to an aromatic ring is 1.